The first-order valence-corrected chi connectivity index (χ1v) is 15.3. The van der Waals surface area contributed by atoms with Gasteiger partial charge in [0.1, 0.15) is 17.9 Å². The van der Waals surface area contributed by atoms with Crippen LogP contribution in [-0.2, 0) is 29.0 Å². The molecule has 1 aromatic carbocycles. The second kappa shape index (κ2) is 12.7. The first-order valence-electron chi connectivity index (χ1n) is 15.3. The van der Waals surface area contributed by atoms with Crippen molar-refractivity contribution in [3.8, 4) is 11.7 Å². The van der Waals surface area contributed by atoms with Crippen molar-refractivity contribution in [3.63, 3.8) is 0 Å². The van der Waals surface area contributed by atoms with Gasteiger partial charge in [0.05, 0.1) is 25.1 Å². The molecular weight excluding hydrogens is 544 g/mol. The average molecular weight is 585 g/mol. The molecule has 226 valence electrons. The molecule has 4 heterocycles. The maximum atomic E-state index is 11.7. The van der Waals surface area contributed by atoms with E-state index in [0.29, 0.717) is 24.9 Å². The molecule has 3 aliphatic rings. The number of fused-ring (bicyclic) bond motifs is 1. The Morgan fingerprint density at radius 2 is 2.05 bits per heavy atom. The van der Waals surface area contributed by atoms with E-state index in [2.05, 4.69) is 42.1 Å². The molecule has 9 nitrogen and oxygen atoms in total. The second-order valence-corrected chi connectivity index (χ2v) is 11.7. The number of pyridine rings is 1. The SMILES string of the molecule is CCOc1c(C(=O)O)cnn1-c1cccc(C2=CCCC(C)=C2OCc2ccc3c(c2C)CCN(C[C@H]2CCOC2)C3)n1. The average Bonchev–Trinajstić information content (AvgIpc) is 3.68. The fraction of sp³-hybridized carbons (Fsp3) is 0.441. The number of carbonyl (C=O) groups is 1. The highest BCUT2D eigenvalue weighted by atomic mass is 16.5. The van der Waals surface area contributed by atoms with Gasteiger partial charge in [0.25, 0.3) is 0 Å². The molecule has 1 aliphatic carbocycles. The molecule has 1 fully saturated rings. The number of ether oxygens (including phenoxy) is 3. The second-order valence-electron chi connectivity index (χ2n) is 11.7. The zero-order chi connectivity index (χ0) is 29.9. The van der Waals surface area contributed by atoms with E-state index >= 15 is 0 Å². The molecule has 0 amide bonds. The van der Waals surface area contributed by atoms with Gasteiger partial charge in [-0.1, -0.05) is 24.3 Å². The van der Waals surface area contributed by atoms with Gasteiger partial charge in [-0.05, 0) is 92.3 Å². The van der Waals surface area contributed by atoms with Crippen LogP contribution in [0.2, 0.25) is 0 Å². The van der Waals surface area contributed by atoms with Crippen molar-refractivity contribution in [1.82, 2.24) is 19.7 Å². The molecule has 1 N–H and O–H groups in total. The van der Waals surface area contributed by atoms with Gasteiger partial charge in [0, 0.05) is 31.8 Å². The molecule has 0 radical (unpaired) electrons. The summed E-state index contributed by atoms with van der Waals surface area (Å²) < 4.78 is 19.3. The van der Waals surface area contributed by atoms with Crippen LogP contribution < -0.4 is 4.74 Å². The molecule has 2 aliphatic heterocycles. The van der Waals surface area contributed by atoms with E-state index in [4.69, 9.17) is 19.2 Å². The van der Waals surface area contributed by atoms with E-state index in [1.165, 1.54) is 45.1 Å². The lowest BCUT2D eigenvalue weighted by Gasteiger charge is -2.32. The highest BCUT2D eigenvalue weighted by Crippen LogP contribution is 2.35. The number of carboxylic acid groups (broad SMARTS) is 1. The minimum Gasteiger partial charge on any atom is -0.488 e. The van der Waals surface area contributed by atoms with Gasteiger partial charge in [-0.3, -0.25) is 4.90 Å². The number of nitrogens with zero attached hydrogens (tertiary/aromatic N) is 4. The summed E-state index contributed by atoms with van der Waals surface area (Å²) in [4.78, 5) is 19.2. The Labute approximate surface area is 252 Å². The number of aromatic nitrogens is 3. The summed E-state index contributed by atoms with van der Waals surface area (Å²) in [6, 6.07) is 10.2. The summed E-state index contributed by atoms with van der Waals surface area (Å²) >= 11 is 0. The highest BCUT2D eigenvalue weighted by molar-refractivity contribution is 5.90. The molecule has 0 spiro atoms. The van der Waals surface area contributed by atoms with Crippen molar-refractivity contribution in [2.45, 2.75) is 59.6 Å². The predicted octanol–water partition coefficient (Wildman–Crippen LogP) is 5.74. The number of hydrogen-bond donors (Lipinski definition) is 1. The molecular formula is C34H40N4O5. The van der Waals surface area contributed by atoms with E-state index in [0.717, 1.165) is 69.1 Å². The number of benzene rings is 1. The topological polar surface area (TPSA) is 98.9 Å². The lowest BCUT2D eigenvalue weighted by atomic mass is 9.91. The molecule has 0 saturated carbocycles. The number of aromatic carboxylic acids is 1. The number of rotatable bonds is 10. The largest absolute Gasteiger partial charge is 0.488 e. The van der Waals surface area contributed by atoms with Crippen LogP contribution in [0.15, 0.2) is 53.9 Å². The van der Waals surface area contributed by atoms with Gasteiger partial charge < -0.3 is 19.3 Å². The van der Waals surface area contributed by atoms with Gasteiger partial charge in [-0.25, -0.2) is 9.78 Å². The van der Waals surface area contributed by atoms with Gasteiger partial charge >= 0.3 is 5.97 Å². The molecule has 1 saturated heterocycles. The van der Waals surface area contributed by atoms with E-state index in [1.54, 1.807) is 6.07 Å². The monoisotopic (exact) mass is 584 g/mol. The lowest BCUT2D eigenvalue weighted by molar-refractivity contribution is 0.0692. The maximum Gasteiger partial charge on any atom is 0.342 e. The Morgan fingerprint density at radius 3 is 2.84 bits per heavy atom. The summed E-state index contributed by atoms with van der Waals surface area (Å²) in [7, 11) is 0. The summed E-state index contributed by atoms with van der Waals surface area (Å²) in [5.41, 5.74) is 8.31. The van der Waals surface area contributed by atoms with Crippen molar-refractivity contribution in [2.24, 2.45) is 5.92 Å². The summed E-state index contributed by atoms with van der Waals surface area (Å²) in [5.74, 6) is 1.07. The van der Waals surface area contributed by atoms with Crippen LogP contribution in [-0.4, -0.2) is 63.7 Å². The number of hydrogen-bond acceptors (Lipinski definition) is 7. The Morgan fingerprint density at radius 1 is 1.16 bits per heavy atom. The summed E-state index contributed by atoms with van der Waals surface area (Å²) in [6.07, 6.45) is 7.53. The van der Waals surface area contributed by atoms with Crippen LogP contribution in [0.25, 0.3) is 11.4 Å². The zero-order valence-corrected chi connectivity index (χ0v) is 25.3. The van der Waals surface area contributed by atoms with Crippen molar-refractivity contribution >= 4 is 11.5 Å². The zero-order valence-electron chi connectivity index (χ0n) is 25.3. The third-order valence-corrected chi connectivity index (χ3v) is 8.76. The van der Waals surface area contributed by atoms with E-state index in [-0.39, 0.29) is 11.4 Å². The van der Waals surface area contributed by atoms with Crippen LogP contribution in [0.3, 0.4) is 0 Å². The minimum absolute atomic E-state index is 0.00207. The Kier molecular flexibility index (Phi) is 8.63. The van der Waals surface area contributed by atoms with E-state index in [9.17, 15) is 9.90 Å². The molecule has 0 bridgehead atoms. The molecule has 2 aromatic heterocycles. The predicted molar refractivity (Wildman–Crippen MR) is 163 cm³/mol. The normalized spacial score (nSPS) is 18.9. The minimum atomic E-state index is -1.09. The summed E-state index contributed by atoms with van der Waals surface area (Å²) in [5, 5.41) is 13.9. The van der Waals surface area contributed by atoms with Gasteiger partial charge in [0.2, 0.25) is 5.88 Å². The quantitative estimate of drug-likeness (QED) is 0.322. The van der Waals surface area contributed by atoms with E-state index in [1.807, 2.05) is 19.1 Å². The molecule has 43 heavy (non-hydrogen) atoms. The molecule has 3 aromatic rings. The van der Waals surface area contributed by atoms with Crippen molar-refractivity contribution < 1.29 is 24.1 Å². The Balaban J connectivity index is 1.20. The van der Waals surface area contributed by atoms with Gasteiger partial charge in [-0.15, -0.1) is 0 Å². The van der Waals surface area contributed by atoms with Crippen LogP contribution >= 0.6 is 0 Å². The van der Waals surface area contributed by atoms with Crippen LogP contribution in [0.1, 0.15) is 71.4 Å². The third-order valence-electron chi connectivity index (χ3n) is 8.76. The van der Waals surface area contributed by atoms with Crippen molar-refractivity contribution in [3.05, 3.63) is 87.4 Å². The number of carboxylic acids is 1. The van der Waals surface area contributed by atoms with Crippen LogP contribution in [0.4, 0.5) is 0 Å². The molecule has 1 atom stereocenters. The Hall–Kier alpha value is -3.95. The molecule has 0 unspecified atom stereocenters. The first kappa shape index (κ1) is 29.1. The fourth-order valence-electron chi connectivity index (χ4n) is 6.41. The standard InChI is InChI=1S/C34H40N4O5/c1-4-42-33-29(34(39)40)17-35-38(33)31-10-6-9-30(36-31)28-8-5-7-22(2)32(28)43-21-26-12-11-25-19-37(15-13-27(25)23(26)3)18-24-14-16-41-20-24/h6,8-12,17,24H,4-5,7,13-16,18-21H2,1-3H3,(H,39,40)/t24-/m1/s1. The maximum absolute atomic E-state index is 11.7. The van der Waals surface area contributed by atoms with Gasteiger partial charge in [0.15, 0.2) is 5.82 Å². The first-order chi connectivity index (χ1) is 20.9. The summed E-state index contributed by atoms with van der Waals surface area (Å²) in [6.45, 7) is 12.0. The molecule has 9 heteroatoms. The smallest absolute Gasteiger partial charge is 0.342 e. The lowest BCUT2D eigenvalue weighted by Crippen LogP contribution is -2.35. The van der Waals surface area contributed by atoms with Crippen LogP contribution in [0, 0.1) is 12.8 Å². The van der Waals surface area contributed by atoms with E-state index < -0.39 is 5.97 Å². The highest BCUT2D eigenvalue weighted by Gasteiger charge is 2.25. The van der Waals surface area contributed by atoms with Crippen molar-refractivity contribution in [2.75, 3.05) is 32.9 Å². The molecule has 6 rings (SSSR count). The van der Waals surface area contributed by atoms with Crippen LogP contribution in [0.5, 0.6) is 5.88 Å². The third kappa shape index (κ3) is 6.10. The fourth-order valence-corrected chi connectivity index (χ4v) is 6.41. The Bertz CT molecular complexity index is 1570. The van der Waals surface area contributed by atoms with Gasteiger partial charge in [-0.2, -0.15) is 9.78 Å². The van der Waals surface area contributed by atoms with Crippen molar-refractivity contribution in [1.29, 1.82) is 0 Å². The number of allylic oxidation sites excluding steroid dienone is 3.